The Labute approximate surface area is 124 Å². The molecular formula is C15H21N3O3. The van der Waals surface area contributed by atoms with Crippen LogP contribution in [0.15, 0.2) is 24.3 Å². The third kappa shape index (κ3) is 4.75. The van der Waals surface area contributed by atoms with Crippen LogP contribution in [0.2, 0.25) is 0 Å². The molecule has 2 amide bonds. The third-order valence-corrected chi connectivity index (χ3v) is 3.39. The minimum Gasteiger partial charge on any atom is -0.376 e. The Morgan fingerprint density at radius 2 is 2.05 bits per heavy atom. The number of hydrogen-bond acceptors (Lipinski definition) is 4. The Kier molecular flexibility index (Phi) is 5.57. The van der Waals surface area contributed by atoms with E-state index >= 15 is 0 Å². The molecule has 6 heteroatoms. The van der Waals surface area contributed by atoms with E-state index in [1.165, 1.54) is 0 Å². The van der Waals surface area contributed by atoms with Gasteiger partial charge in [0.1, 0.15) is 0 Å². The van der Waals surface area contributed by atoms with Crippen molar-refractivity contribution in [2.24, 2.45) is 0 Å². The van der Waals surface area contributed by atoms with E-state index in [0.717, 1.165) is 25.1 Å². The molecule has 1 atom stereocenters. The van der Waals surface area contributed by atoms with Gasteiger partial charge < -0.3 is 20.7 Å². The quantitative estimate of drug-likeness (QED) is 0.723. The fourth-order valence-corrected chi connectivity index (χ4v) is 2.12. The molecule has 1 aromatic carbocycles. The molecule has 1 aliphatic rings. The van der Waals surface area contributed by atoms with Crippen LogP contribution in [0.3, 0.4) is 0 Å². The van der Waals surface area contributed by atoms with Crippen LogP contribution in [0, 0.1) is 0 Å². The van der Waals surface area contributed by atoms with E-state index in [4.69, 9.17) is 4.74 Å². The van der Waals surface area contributed by atoms with E-state index in [1.807, 2.05) is 0 Å². The standard InChI is InChI=1S/C15H21N3O3/c1-16-14(19)10-17-12-6-4-11(5-7-12)15(20)18-9-13-3-2-8-21-13/h4-7,13,17H,2-3,8-10H2,1H3,(H,16,19)(H,18,20). The average molecular weight is 291 g/mol. The van der Waals surface area contributed by atoms with E-state index in [0.29, 0.717) is 12.1 Å². The van der Waals surface area contributed by atoms with Crippen LogP contribution in [0.5, 0.6) is 0 Å². The second-order valence-electron chi connectivity index (χ2n) is 4.95. The fraction of sp³-hybridized carbons (Fsp3) is 0.467. The number of rotatable bonds is 6. The number of anilines is 1. The molecule has 1 aromatic rings. The van der Waals surface area contributed by atoms with Crippen molar-refractivity contribution in [3.8, 4) is 0 Å². The van der Waals surface area contributed by atoms with Crippen LogP contribution in [-0.2, 0) is 9.53 Å². The summed E-state index contributed by atoms with van der Waals surface area (Å²) in [7, 11) is 1.59. The summed E-state index contributed by atoms with van der Waals surface area (Å²) in [6.45, 7) is 1.54. The van der Waals surface area contributed by atoms with Crippen molar-refractivity contribution in [1.29, 1.82) is 0 Å². The molecule has 0 saturated carbocycles. The van der Waals surface area contributed by atoms with Crippen LogP contribution < -0.4 is 16.0 Å². The van der Waals surface area contributed by atoms with Crippen molar-refractivity contribution >= 4 is 17.5 Å². The summed E-state index contributed by atoms with van der Waals surface area (Å²) >= 11 is 0. The van der Waals surface area contributed by atoms with E-state index < -0.39 is 0 Å². The Bertz CT molecular complexity index is 481. The van der Waals surface area contributed by atoms with Gasteiger partial charge in [0.2, 0.25) is 5.91 Å². The first kappa shape index (κ1) is 15.3. The van der Waals surface area contributed by atoms with Gasteiger partial charge in [-0.3, -0.25) is 9.59 Å². The molecule has 1 fully saturated rings. The molecule has 6 nitrogen and oxygen atoms in total. The van der Waals surface area contributed by atoms with E-state index in [9.17, 15) is 9.59 Å². The van der Waals surface area contributed by atoms with Crippen molar-refractivity contribution < 1.29 is 14.3 Å². The number of amides is 2. The zero-order valence-electron chi connectivity index (χ0n) is 12.1. The predicted molar refractivity (Wildman–Crippen MR) is 80.3 cm³/mol. The molecule has 1 unspecified atom stereocenters. The molecule has 0 radical (unpaired) electrons. The van der Waals surface area contributed by atoms with E-state index in [1.54, 1.807) is 31.3 Å². The maximum Gasteiger partial charge on any atom is 0.251 e. The summed E-state index contributed by atoms with van der Waals surface area (Å²) in [4.78, 5) is 23.1. The molecular weight excluding hydrogens is 270 g/mol. The first-order valence-electron chi connectivity index (χ1n) is 7.13. The Hall–Kier alpha value is -2.08. The summed E-state index contributed by atoms with van der Waals surface area (Å²) in [6, 6.07) is 7.03. The Morgan fingerprint density at radius 3 is 2.67 bits per heavy atom. The van der Waals surface area contributed by atoms with Gasteiger partial charge in [0.05, 0.1) is 12.6 Å². The number of likely N-dealkylation sites (N-methyl/N-ethyl adjacent to an activating group) is 1. The average Bonchev–Trinajstić information content (AvgIpc) is 3.04. The topological polar surface area (TPSA) is 79.5 Å². The lowest BCUT2D eigenvalue weighted by Crippen LogP contribution is -2.31. The highest BCUT2D eigenvalue weighted by atomic mass is 16.5. The molecule has 0 bridgehead atoms. The molecule has 1 saturated heterocycles. The van der Waals surface area contributed by atoms with E-state index in [-0.39, 0.29) is 24.5 Å². The predicted octanol–water partition coefficient (Wildman–Crippen LogP) is 0.753. The first-order chi connectivity index (χ1) is 10.2. The maximum atomic E-state index is 12.0. The van der Waals surface area contributed by atoms with Crippen LogP contribution in [-0.4, -0.2) is 44.7 Å². The van der Waals surface area contributed by atoms with Gasteiger partial charge in [-0.05, 0) is 37.1 Å². The molecule has 21 heavy (non-hydrogen) atoms. The summed E-state index contributed by atoms with van der Waals surface area (Å²) in [5, 5.41) is 8.38. The van der Waals surface area contributed by atoms with Gasteiger partial charge in [-0.1, -0.05) is 0 Å². The molecule has 0 aliphatic carbocycles. The smallest absolute Gasteiger partial charge is 0.251 e. The summed E-state index contributed by atoms with van der Waals surface area (Å²) < 4.78 is 5.46. The largest absolute Gasteiger partial charge is 0.376 e. The highest BCUT2D eigenvalue weighted by Gasteiger charge is 2.16. The third-order valence-electron chi connectivity index (χ3n) is 3.39. The minimum atomic E-state index is -0.108. The van der Waals surface area contributed by atoms with Crippen molar-refractivity contribution in [1.82, 2.24) is 10.6 Å². The van der Waals surface area contributed by atoms with Gasteiger partial charge >= 0.3 is 0 Å². The van der Waals surface area contributed by atoms with Gasteiger partial charge in [-0.15, -0.1) is 0 Å². The second-order valence-corrected chi connectivity index (χ2v) is 4.95. The molecule has 3 N–H and O–H groups in total. The molecule has 0 spiro atoms. The van der Waals surface area contributed by atoms with Crippen molar-refractivity contribution in [3.05, 3.63) is 29.8 Å². The van der Waals surface area contributed by atoms with Gasteiger partial charge in [0.15, 0.2) is 0 Å². The zero-order valence-corrected chi connectivity index (χ0v) is 12.1. The van der Waals surface area contributed by atoms with Crippen molar-refractivity contribution in [2.75, 3.05) is 32.1 Å². The highest BCUT2D eigenvalue weighted by molar-refractivity contribution is 5.94. The number of ether oxygens (including phenoxy) is 1. The summed E-state index contributed by atoms with van der Waals surface area (Å²) in [5.74, 6) is -0.197. The van der Waals surface area contributed by atoms with E-state index in [2.05, 4.69) is 16.0 Å². The van der Waals surface area contributed by atoms with Crippen LogP contribution in [0.4, 0.5) is 5.69 Å². The number of hydrogen-bond donors (Lipinski definition) is 3. The van der Waals surface area contributed by atoms with Gasteiger partial charge in [-0.2, -0.15) is 0 Å². The first-order valence-corrected chi connectivity index (χ1v) is 7.13. The lowest BCUT2D eigenvalue weighted by atomic mass is 10.2. The number of carbonyl (C=O) groups is 2. The number of nitrogens with one attached hydrogen (secondary N) is 3. The summed E-state index contributed by atoms with van der Waals surface area (Å²) in [6.07, 6.45) is 2.21. The molecule has 0 aromatic heterocycles. The maximum absolute atomic E-state index is 12.0. The Balaban J connectivity index is 1.80. The minimum absolute atomic E-state index is 0.0895. The second kappa shape index (κ2) is 7.64. The highest BCUT2D eigenvalue weighted by Crippen LogP contribution is 2.12. The number of carbonyl (C=O) groups excluding carboxylic acids is 2. The molecule has 114 valence electrons. The van der Waals surface area contributed by atoms with Gasteiger partial charge in [-0.25, -0.2) is 0 Å². The molecule has 1 aliphatic heterocycles. The zero-order chi connectivity index (χ0) is 15.1. The summed E-state index contributed by atoms with van der Waals surface area (Å²) in [5.41, 5.74) is 1.40. The van der Waals surface area contributed by atoms with Gasteiger partial charge in [0, 0.05) is 31.5 Å². The Morgan fingerprint density at radius 1 is 1.29 bits per heavy atom. The molecule has 2 rings (SSSR count). The van der Waals surface area contributed by atoms with Crippen LogP contribution in [0.25, 0.3) is 0 Å². The molecule has 1 heterocycles. The monoisotopic (exact) mass is 291 g/mol. The fourth-order valence-electron chi connectivity index (χ4n) is 2.12. The lowest BCUT2D eigenvalue weighted by Gasteiger charge is -2.11. The van der Waals surface area contributed by atoms with Crippen LogP contribution in [0.1, 0.15) is 23.2 Å². The number of benzene rings is 1. The SMILES string of the molecule is CNC(=O)CNc1ccc(C(=O)NCC2CCCO2)cc1. The van der Waals surface area contributed by atoms with Crippen LogP contribution >= 0.6 is 0 Å². The lowest BCUT2D eigenvalue weighted by molar-refractivity contribution is -0.118. The normalized spacial score (nSPS) is 17.3. The van der Waals surface area contributed by atoms with Crippen molar-refractivity contribution in [2.45, 2.75) is 18.9 Å². The van der Waals surface area contributed by atoms with Gasteiger partial charge in [0.25, 0.3) is 5.91 Å². The van der Waals surface area contributed by atoms with Crippen molar-refractivity contribution in [3.63, 3.8) is 0 Å².